The van der Waals surface area contributed by atoms with Gasteiger partial charge >= 0.3 is 5.97 Å². The van der Waals surface area contributed by atoms with Crippen LogP contribution < -0.4 is 0 Å². The molecule has 2 rings (SSSR count). The number of rotatable bonds is 6. The number of carbonyl (C=O) groups excluding carboxylic acids is 2. The summed E-state index contributed by atoms with van der Waals surface area (Å²) in [5.41, 5.74) is 0.674. The number of sulfone groups is 1. The van der Waals surface area contributed by atoms with Gasteiger partial charge in [-0.1, -0.05) is 29.8 Å². The lowest BCUT2D eigenvalue weighted by molar-refractivity contribution is -0.142. The van der Waals surface area contributed by atoms with Crippen LogP contribution >= 0.6 is 11.6 Å². The second-order valence-corrected chi connectivity index (χ2v) is 8.37. The Kier molecular flexibility index (Phi) is 6.23. The first-order valence-electron chi connectivity index (χ1n) is 7.62. The Morgan fingerprint density at radius 1 is 1.33 bits per heavy atom. The first-order chi connectivity index (χ1) is 11.3. The third kappa shape index (κ3) is 4.95. The zero-order valence-electron chi connectivity index (χ0n) is 13.4. The van der Waals surface area contributed by atoms with Crippen LogP contribution in [0.3, 0.4) is 0 Å². The van der Waals surface area contributed by atoms with Crippen molar-refractivity contribution >= 4 is 33.3 Å². The van der Waals surface area contributed by atoms with Crippen LogP contribution in [0.2, 0.25) is 5.02 Å². The summed E-state index contributed by atoms with van der Waals surface area (Å²) in [6, 6.07) is 6.60. The van der Waals surface area contributed by atoms with Crippen LogP contribution in [0.25, 0.3) is 0 Å². The Balaban J connectivity index is 2.13. The molecule has 1 aliphatic rings. The van der Waals surface area contributed by atoms with Crippen molar-refractivity contribution in [2.75, 3.05) is 25.2 Å². The quantitative estimate of drug-likeness (QED) is 0.705. The van der Waals surface area contributed by atoms with Gasteiger partial charge in [-0.05, 0) is 18.1 Å². The molecule has 132 valence electrons. The molecule has 0 aromatic heterocycles. The molecular weight excluding hydrogens is 354 g/mol. The van der Waals surface area contributed by atoms with Gasteiger partial charge < -0.3 is 9.64 Å². The minimum Gasteiger partial charge on any atom is -0.469 e. The highest BCUT2D eigenvalue weighted by Gasteiger charge is 2.34. The average Bonchev–Trinajstić information content (AvgIpc) is 2.89. The van der Waals surface area contributed by atoms with Gasteiger partial charge in [-0.25, -0.2) is 8.42 Å². The lowest BCUT2D eigenvalue weighted by Crippen LogP contribution is -2.43. The van der Waals surface area contributed by atoms with Crippen molar-refractivity contribution in [1.29, 1.82) is 0 Å². The van der Waals surface area contributed by atoms with Crippen molar-refractivity contribution < 1.29 is 22.7 Å². The molecular formula is C16H20ClNO5S. The van der Waals surface area contributed by atoms with Gasteiger partial charge in [0.1, 0.15) is 0 Å². The highest BCUT2D eigenvalue weighted by atomic mass is 35.5. The van der Waals surface area contributed by atoms with E-state index >= 15 is 0 Å². The van der Waals surface area contributed by atoms with E-state index in [0.29, 0.717) is 17.0 Å². The number of ether oxygens (including phenoxy) is 1. The fraction of sp³-hybridized carbons (Fsp3) is 0.500. The molecule has 1 fully saturated rings. The molecule has 0 unspecified atom stereocenters. The van der Waals surface area contributed by atoms with E-state index in [1.807, 2.05) is 0 Å². The molecule has 0 radical (unpaired) electrons. The van der Waals surface area contributed by atoms with E-state index in [9.17, 15) is 18.0 Å². The summed E-state index contributed by atoms with van der Waals surface area (Å²) >= 11 is 6.09. The second-order valence-electron chi connectivity index (χ2n) is 5.74. The van der Waals surface area contributed by atoms with Gasteiger partial charge in [0.2, 0.25) is 5.91 Å². The van der Waals surface area contributed by atoms with Crippen molar-refractivity contribution in [3.63, 3.8) is 0 Å². The maximum absolute atomic E-state index is 12.7. The molecule has 1 aromatic rings. The molecule has 1 aromatic carbocycles. The molecule has 0 N–H and O–H groups in total. The van der Waals surface area contributed by atoms with Crippen molar-refractivity contribution in [3.05, 3.63) is 34.9 Å². The van der Waals surface area contributed by atoms with Gasteiger partial charge in [0.25, 0.3) is 0 Å². The monoisotopic (exact) mass is 373 g/mol. The minimum atomic E-state index is -3.14. The van der Waals surface area contributed by atoms with Crippen LogP contribution in [-0.2, 0) is 30.6 Å². The number of hydrogen-bond acceptors (Lipinski definition) is 5. The number of nitrogens with zero attached hydrogens (tertiary/aromatic N) is 1. The van der Waals surface area contributed by atoms with Crippen molar-refractivity contribution in [3.8, 4) is 0 Å². The zero-order chi connectivity index (χ0) is 17.7. The molecule has 6 nitrogen and oxygen atoms in total. The SMILES string of the molecule is COC(=O)CCN(C(=O)Cc1ccccc1Cl)[C@H]1CCS(=O)(=O)C1. The number of benzene rings is 1. The molecule has 8 heteroatoms. The summed E-state index contributed by atoms with van der Waals surface area (Å²) in [6.07, 6.45) is 0.483. The fourth-order valence-corrected chi connectivity index (χ4v) is 4.69. The maximum atomic E-state index is 12.7. The van der Waals surface area contributed by atoms with Gasteiger partial charge in [0, 0.05) is 17.6 Å². The Hall–Kier alpha value is -1.60. The zero-order valence-corrected chi connectivity index (χ0v) is 15.0. The van der Waals surface area contributed by atoms with E-state index in [2.05, 4.69) is 4.74 Å². The molecule has 0 bridgehead atoms. The van der Waals surface area contributed by atoms with Gasteiger partial charge in [0.05, 0.1) is 31.5 Å². The van der Waals surface area contributed by atoms with Crippen LogP contribution in [-0.4, -0.2) is 56.4 Å². The number of amides is 1. The third-order valence-electron chi connectivity index (χ3n) is 4.05. The smallest absolute Gasteiger partial charge is 0.307 e. The second kappa shape index (κ2) is 7.98. The molecule has 1 aliphatic heterocycles. The summed E-state index contributed by atoms with van der Waals surface area (Å²) in [6.45, 7) is 0.135. The van der Waals surface area contributed by atoms with E-state index in [1.54, 1.807) is 24.3 Å². The molecule has 1 saturated heterocycles. The standard InChI is InChI=1S/C16H20ClNO5S/c1-23-16(20)6-8-18(13-7-9-24(21,22)11-13)15(19)10-12-4-2-3-5-14(12)17/h2-5,13H,6-11H2,1H3/t13-/m0/s1. The Labute approximate surface area is 146 Å². The summed E-state index contributed by atoms with van der Waals surface area (Å²) in [7, 11) is -1.86. The van der Waals surface area contributed by atoms with Crippen LogP contribution in [0.5, 0.6) is 0 Å². The maximum Gasteiger partial charge on any atom is 0.307 e. The van der Waals surface area contributed by atoms with Crippen LogP contribution in [0, 0.1) is 0 Å². The summed E-state index contributed by atoms with van der Waals surface area (Å²) in [5, 5.41) is 0.484. The highest BCUT2D eigenvalue weighted by molar-refractivity contribution is 7.91. The van der Waals surface area contributed by atoms with E-state index < -0.39 is 21.8 Å². The minimum absolute atomic E-state index is 0.0291. The van der Waals surface area contributed by atoms with E-state index in [0.717, 1.165) is 0 Å². The van der Waals surface area contributed by atoms with E-state index in [1.165, 1.54) is 12.0 Å². The molecule has 0 aliphatic carbocycles. The topological polar surface area (TPSA) is 80.8 Å². The first-order valence-corrected chi connectivity index (χ1v) is 9.82. The molecule has 0 spiro atoms. The van der Waals surface area contributed by atoms with E-state index in [4.69, 9.17) is 11.6 Å². The molecule has 1 heterocycles. The number of methoxy groups -OCH3 is 1. The van der Waals surface area contributed by atoms with E-state index in [-0.39, 0.29) is 36.8 Å². The largest absolute Gasteiger partial charge is 0.469 e. The summed E-state index contributed by atoms with van der Waals surface area (Å²) < 4.78 is 28.1. The predicted molar refractivity (Wildman–Crippen MR) is 90.6 cm³/mol. The lowest BCUT2D eigenvalue weighted by atomic mass is 10.1. The van der Waals surface area contributed by atoms with Crippen LogP contribution in [0.4, 0.5) is 0 Å². The Morgan fingerprint density at radius 3 is 2.62 bits per heavy atom. The highest BCUT2D eigenvalue weighted by Crippen LogP contribution is 2.21. The fourth-order valence-electron chi connectivity index (χ4n) is 2.75. The van der Waals surface area contributed by atoms with Gasteiger partial charge in [-0.2, -0.15) is 0 Å². The van der Waals surface area contributed by atoms with Crippen molar-refractivity contribution in [2.24, 2.45) is 0 Å². The molecule has 1 atom stereocenters. The first kappa shape index (κ1) is 18.7. The van der Waals surface area contributed by atoms with Gasteiger partial charge in [0.15, 0.2) is 9.84 Å². The number of esters is 1. The molecule has 24 heavy (non-hydrogen) atoms. The Bertz CT molecular complexity index is 719. The average molecular weight is 374 g/mol. The van der Waals surface area contributed by atoms with Crippen molar-refractivity contribution in [2.45, 2.75) is 25.3 Å². The molecule has 0 saturated carbocycles. The summed E-state index contributed by atoms with van der Waals surface area (Å²) in [5.74, 6) is -0.686. The normalized spacial score (nSPS) is 19.0. The summed E-state index contributed by atoms with van der Waals surface area (Å²) in [4.78, 5) is 25.6. The van der Waals surface area contributed by atoms with Gasteiger partial charge in [-0.15, -0.1) is 0 Å². The Morgan fingerprint density at radius 2 is 2.04 bits per heavy atom. The third-order valence-corrected chi connectivity index (χ3v) is 6.17. The van der Waals surface area contributed by atoms with Crippen LogP contribution in [0.15, 0.2) is 24.3 Å². The predicted octanol–water partition coefficient (Wildman–Crippen LogP) is 1.46. The number of hydrogen-bond donors (Lipinski definition) is 0. The van der Waals surface area contributed by atoms with Gasteiger partial charge in [-0.3, -0.25) is 9.59 Å². The van der Waals surface area contributed by atoms with Crippen LogP contribution in [0.1, 0.15) is 18.4 Å². The lowest BCUT2D eigenvalue weighted by Gasteiger charge is -2.28. The molecule has 1 amide bonds. The van der Waals surface area contributed by atoms with Crippen molar-refractivity contribution in [1.82, 2.24) is 4.90 Å². The number of halogens is 1. The number of carbonyl (C=O) groups is 2.